The molecular formula is C19H33NO3SSi. The summed E-state index contributed by atoms with van der Waals surface area (Å²) in [5, 5.41) is 1.13. The van der Waals surface area contributed by atoms with Crippen LogP contribution in [0.4, 0.5) is 0 Å². The van der Waals surface area contributed by atoms with Crippen molar-refractivity contribution in [1.82, 2.24) is 4.98 Å². The molecule has 0 radical (unpaired) electrons. The second-order valence-electron chi connectivity index (χ2n) is 8.58. The van der Waals surface area contributed by atoms with Crippen LogP contribution in [0.1, 0.15) is 41.0 Å². The first-order valence-corrected chi connectivity index (χ1v) is 12.7. The molecule has 1 fully saturated rings. The summed E-state index contributed by atoms with van der Waals surface area (Å²) in [7, 11) is -0.134. The lowest BCUT2D eigenvalue weighted by molar-refractivity contribution is -0.190. The minimum Gasteiger partial charge on any atom is -0.408 e. The van der Waals surface area contributed by atoms with E-state index in [0.29, 0.717) is 0 Å². The second kappa shape index (κ2) is 7.68. The van der Waals surface area contributed by atoms with Gasteiger partial charge < -0.3 is 13.9 Å². The fourth-order valence-electron chi connectivity index (χ4n) is 2.84. The molecule has 1 aromatic heterocycles. The van der Waals surface area contributed by atoms with E-state index in [9.17, 15) is 0 Å². The molecule has 25 heavy (non-hydrogen) atoms. The van der Waals surface area contributed by atoms with Gasteiger partial charge in [-0.3, -0.25) is 0 Å². The number of ether oxygens (including phenoxy) is 2. The Bertz CT molecular complexity index is 564. The predicted molar refractivity (Wildman–Crippen MR) is 107 cm³/mol. The van der Waals surface area contributed by atoms with Gasteiger partial charge >= 0.3 is 0 Å². The van der Waals surface area contributed by atoms with Crippen LogP contribution in [0.5, 0.6) is 0 Å². The Morgan fingerprint density at radius 3 is 2.52 bits per heavy atom. The lowest BCUT2D eigenvalue weighted by Crippen LogP contribution is -2.60. The average molecular weight is 384 g/mol. The van der Waals surface area contributed by atoms with Crippen molar-refractivity contribution in [2.24, 2.45) is 0 Å². The van der Waals surface area contributed by atoms with Crippen LogP contribution in [0, 0.1) is 0 Å². The molecule has 0 bridgehead atoms. The van der Waals surface area contributed by atoms with E-state index in [4.69, 9.17) is 13.9 Å². The van der Waals surface area contributed by atoms with Crippen molar-refractivity contribution >= 4 is 20.1 Å². The van der Waals surface area contributed by atoms with Crippen LogP contribution in [-0.4, -0.2) is 43.7 Å². The van der Waals surface area contributed by atoms with Crippen LogP contribution in [0.25, 0.3) is 0 Å². The number of nitrogens with zero attached hydrogens (tertiary/aromatic N) is 1. The molecular weight excluding hydrogens is 350 g/mol. The van der Waals surface area contributed by atoms with Crippen molar-refractivity contribution in [2.45, 2.75) is 87.4 Å². The maximum atomic E-state index is 6.72. The van der Waals surface area contributed by atoms with Crippen LogP contribution in [0.15, 0.2) is 29.4 Å². The van der Waals surface area contributed by atoms with Gasteiger partial charge in [0.2, 0.25) is 0 Å². The molecule has 0 spiro atoms. The Balaban J connectivity index is 2.16. The molecule has 142 valence electrons. The van der Waals surface area contributed by atoms with Crippen molar-refractivity contribution in [1.29, 1.82) is 0 Å². The van der Waals surface area contributed by atoms with Crippen molar-refractivity contribution in [3.63, 3.8) is 0 Å². The van der Waals surface area contributed by atoms with E-state index in [1.165, 1.54) is 0 Å². The fraction of sp³-hybridized carbons (Fsp3) is 0.737. The third-order valence-corrected chi connectivity index (χ3v) is 11.0. The van der Waals surface area contributed by atoms with E-state index in [2.05, 4.69) is 52.7 Å². The van der Waals surface area contributed by atoms with Crippen LogP contribution < -0.4 is 0 Å². The maximum absolute atomic E-state index is 6.72. The summed E-state index contributed by atoms with van der Waals surface area (Å²) in [6.07, 6.45) is 2.48. The molecule has 0 aromatic carbocycles. The Morgan fingerprint density at radius 1 is 1.32 bits per heavy atom. The highest BCUT2D eigenvalue weighted by Gasteiger charge is 2.51. The Kier molecular flexibility index (Phi) is 6.43. The molecule has 6 heteroatoms. The Morgan fingerprint density at radius 2 is 2.00 bits per heavy atom. The molecule has 4 atom stereocenters. The summed E-state index contributed by atoms with van der Waals surface area (Å²) in [6.45, 7) is 15.6. The summed E-state index contributed by atoms with van der Waals surface area (Å²) < 4.78 is 19.0. The van der Waals surface area contributed by atoms with E-state index in [-0.39, 0.29) is 28.3 Å². The molecule has 2 rings (SSSR count). The first-order valence-electron chi connectivity index (χ1n) is 8.95. The quantitative estimate of drug-likeness (QED) is 0.661. The highest BCUT2D eigenvalue weighted by atomic mass is 32.2. The first-order chi connectivity index (χ1) is 11.5. The molecule has 0 N–H and O–H groups in total. The third kappa shape index (κ3) is 4.86. The first kappa shape index (κ1) is 20.9. The Labute approximate surface area is 158 Å². The third-order valence-electron chi connectivity index (χ3n) is 5.55. The molecule has 0 amide bonds. The molecule has 1 aromatic rings. The lowest BCUT2D eigenvalue weighted by Gasteiger charge is -2.50. The molecule has 0 unspecified atom stereocenters. The number of pyridine rings is 1. The van der Waals surface area contributed by atoms with Gasteiger partial charge in [-0.1, -0.05) is 38.6 Å². The van der Waals surface area contributed by atoms with Gasteiger partial charge in [0.15, 0.2) is 8.32 Å². The predicted octanol–water partition coefficient (Wildman–Crippen LogP) is 5.10. The molecule has 1 saturated heterocycles. The van der Waals surface area contributed by atoms with Crippen molar-refractivity contribution in [3.05, 3.63) is 24.4 Å². The number of methoxy groups -OCH3 is 1. The van der Waals surface area contributed by atoms with Gasteiger partial charge in [-0.25, -0.2) is 4.98 Å². The summed E-state index contributed by atoms with van der Waals surface area (Å²) in [6, 6.07) is 5.94. The van der Waals surface area contributed by atoms with Gasteiger partial charge in [0, 0.05) is 19.7 Å². The van der Waals surface area contributed by atoms with Crippen LogP contribution in [-0.2, 0) is 13.9 Å². The van der Waals surface area contributed by atoms with E-state index in [1.54, 1.807) is 18.9 Å². The largest absolute Gasteiger partial charge is 0.408 e. The lowest BCUT2D eigenvalue weighted by atomic mass is 9.89. The number of aromatic nitrogens is 1. The monoisotopic (exact) mass is 383 g/mol. The SMILES string of the molecule is CO[C@]1(C)C[C@H](Sc2ccccn2)O[C@@H](C)[C@@H]1O[Si](C)(C)C(C)(C)C. The zero-order chi connectivity index (χ0) is 18.9. The van der Waals surface area contributed by atoms with Gasteiger partial charge in [0.1, 0.15) is 5.44 Å². The molecule has 4 nitrogen and oxygen atoms in total. The number of hydrogen-bond acceptors (Lipinski definition) is 5. The van der Waals surface area contributed by atoms with Crippen molar-refractivity contribution in [2.75, 3.05) is 7.11 Å². The van der Waals surface area contributed by atoms with Gasteiger partial charge in [0.05, 0.1) is 22.8 Å². The van der Waals surface area contributed by atoms with Crippen LogP contribution in [0.2, 0.25) is 18.1 Å². The molecule has 2 heterocycles. The topological polar surface area (TPSA) is 40.6 Å². The maximum Gasteiger partial charge on any atom is 0.192 e. The summed E-state index contributed by atoms with van der Waals surface area (Å²) in [5.41, 5.74) is -0.367. The minimum absolute atomic E-state index is 0.00844. The molecule has 1 aliphatic rings. The second-order valence-corrected chi connectivity index (χ2v) is 14.5. The standard InChI is InChI=1S/C19H33NO3SSi/c1-14-17(23-25(7,8)18(2,3)4)19(5,21-6)13-16(22-14)24-15-11-9-10-12-20-15/h9-12,14,16-17H,13H2,1-8H3/t14-,16-,17-,19+/m0/s1. The Hall–Kier alpha value is -0.403. The summed E-state index contributed by atoms with van der Waals surface area (Å²) >= 11 is 1.65. The highest BCUT2D eigenvalue weighted by molar-refractivity contribution is 7.99. The minimum atomic E-state index is -1.91. The summed E-state index contributed by atoms with van der Waals surface area (Å²) in [4.78, 5) is 4.40. The van der Waals surface area contributed by atoms with Gasteiger partial charge in [0.25, 0.3) is 0 Å². The van der Waals surface area contributed by atoms with Crippen molar-refractivity contribution < 1.29 is 13.9 Å². The molecule has 1 aliphatic heterocycles. The number of rotatable bonds is 5. The van der Waals surface area contributed by atoms with E-state index >= 15 is 0 Å². The van der Waals surface area contributed by atoms with Gasteiger partial charge in [-0.05, 0) is 44.1 Å². The van der Waals surface area contributed by atoms with Crippen LogP contribution in [0.3, 0.4) is 0 Å². The fourth-order valence-corrected chi connectivity index (χ4v) is 5.46. The summed E-state index contributed by atoms with van der Waals surface area (Å²) in [5.74, 6) is 0. The zero-order valence-corrected chi connectivity index (χ0v) is 18.6. The smallest absolute Gasteiger partial charge is 0.192 e. The number of thioether (sulfide) groups is 1. The zero-order valence-electron chi connectivity index (χ0n) is 16.8. The number of hydrogen-bond donors (Lipinski definition) is 0. The van der Waals surface area contributed by atoms with Crippen LogP contribution >= 0.6 is 11.8 Å². The molecule has 0 aliphatic carbocycles. The van der Waals surface area contributed by atoms with Gasteiger partial charge in [-0.15, -0.1) is 0 Å². The highest BCUT2D eigenvalue weighted by Crippen LogP contribution is 2.44. The van der Waals surface area contributed by atoms with E-state index in [1.807, 2.05) is 24.4 Å². The average Bonchev–Trinajstić information content (AvgIpc) is 2.51. The van der Waals surface area contributed by atoms with Crippen molar-refractivity contribution in [3.8, 4) is 0 Å². The van der Waals surface area contributed by atoms with Gasteiger partial charge in [-0.2, -0.15) is 0 Å². The normalized spacial score (nSPS) is 31.1. The van der Waals surface area contributed by atoms with E-state index < -0.39 is 8.32 Å². The molecule has 0 saturated carbocycles. The van der Waals surface area contributed by atoms with E-state index in [0.717, 1.165) is 11.4 Å².